The van der Waals surface area contributed by atoms with Gasteiger partial charge in [-0.2, -0.15) is 0 Å². The normalized spacial score (nSPS) is 10.3. The molecule has 0 fully saturated rings. The molecule has 19 heavy (non-hydrogen) atoms. The number of hydrogen-bond donors (Lipinski definition) is 2. The third-order valence-corrected chi connectivity index (χ3v) is 2.99. The molecule has 1 aromatic rings. The van der Waals surface area contributed by atoms with E-state index in [1.54, 1.807) is 6.26 Å². The van der Waals surface area contributed by atoms with Crippen molar-refractivity contribution in [2.75, 3.05) is 31.3 Å². The van der Waals surface area contributed by atoms with E-state index in [4.69, 9.17) is 4.74 Å². The highest BCUT2D eigenvalue weighted by molar-refractivity contribution is 7.98. The Bertz CT molecular complexity index is 421. The van der Waals surface area contributed by atoms with Gasteiger partial charge in [0, 0.05) is 18.8 Å². The maximum Gasteiger partial charge on any atom is 0.319 e. The second kappa shape index (κ2) is 7.96. The fourth-order valence-electron chi connectivity index (χ4n) is 1.38. The maximum absolute atomic E-state index is 13.5. The van der Waals surface area contributed by atoms with Crippen molar-refractivity contribution in [1.82, 2.24) is 5.32 Å². The fraction of sp³-hybridized carbons (Fsp3) is 0.417. The van der Waals surface area contributed by atoms with Gasteiger partial charge >= 0.3 is 6.03 Å². The molecule has 0 aliphatic carbocycles. The quantitative estimate of drug-likeness (QED) is 0.625. The van der Waals surface area contributed by atoms with Gasteiger partial charge in [0.2, 0.25) is 0 Å². The first kappa shape index (κ1) is 15.7. The average Bonchev–Trinajstić information content (AvgIpc) is 2.34. The molecule has 2 N–H and O–H groups in total. The van der Waals surface area contributed by atoms with E-state index in [-0.39, 0.29) is 10.6 Å². The summed E-state index contributed by atoms with van der Waals surface area (Å²) in [5.41, 5.74) is 0.0710. The third kappa shape index (κ3) is 5.04. The van der Waals surface area contributed by atoms with Crippen LogP contribution in [-0.2, 0) is 4.74 Å². The van der Waals surface area contributed by atoms with Crippen LogP contribution in [0.5, 0.6) is 0 Å². The lowest BCUT2D eigenvalue weighted by Crippen LogP contribution is -2.31. The van der Waals surface area contributed by atoms with Crippen LogP contribution < -0.4 is 10.6 Å². The number of anilines is 1. The molecule has 0 unspecified atom stereocenters. The summed E-state index contributed by atoms with van der Waals surface area (Å²) >= 11 is 0.974. The molecule has 0 spiro atoms. The molecule has 1 rings (SSSR count). The molecule has 106 valence electrons. The maximum atomic E-state index is 13.5. The van der Waals surface area contributed by atoms with Gasteiger partial charge in [-0.05, 0) is 25.3 Å². The van der Waals surface area contributed by atoms with Gasteiger partial charge in [-0.1, -0.05) is 0 Å². The first-order valence-corrected chi connectivity index (χ1v) is 6.96. The lowest BCUT2D eigenvalue weighted by Gasteiger charge is -2.09. The number of hydrogen-bond acceptors (Lipinski definition) is 3. The van der Waals surface area contributed by atoms with Crippen molar-refractivity contribution in [2.45, 2.75) is 11.8 Å². The standard InChI is InChI=1S/C12H16F2N2O2S/c1-3-18-5-4-15-12(17)16-8-6-9(13)11(19-2)10(14)7-8/h6-7H,3-5H2,1-2H3,(H2,15,16,17). The van der Waals surface area contributed by atoms with Gasteiger partial charge < -0.3 is 15.4 Å². The summed E-state index contributed by atoms with van der Waals surface area (Å²) in [5.74, 6) is -1.39. The number of amides is 2. The van der Waals surface area contributed by atoms with Gasteiger partial charge in [0.1, 0.15) is 11.6 Å². The molecule has 0 aliphatic rings. The Morgan fingerprint density at radius 3 is 2.53 bits per heavy atom. The number of ether oxygens (including phenoxy) is 1. The SMILES string of the molecule is CCOCCNC(=O)Nc1cc(F)c(SC)c(F)c1. The fourth-order valence-corrected chi connectivity index (χ4v) is 1.89. The molecular formula is C12H16F2N2O2S. The van der Waals surface area contributed by atoms with E-state index in [9.17, 15) is 13.6 Å². The lowest BCUT2D eigenvalue weighted by molar-refractivity contribution is 0.150. The van der Waals surface area contributed by atoms with E-state index < -0.39 is 17.7 Å². The monoisotopic (exact) mass is 290 g/mol. The van der Waals surface area contributed by atoms with E-state index >= 15 is 0 Å². The summed E-state index contributed by atoms with van der Waals surface area (Å²) < 4.78 is 32.0. The van der Waals surface area contributed by atoms with Crippen LogP contribution in [0.4, 0.5) is 19.3 Å². The summed E-state index contributed by atoms with van der Waals surface area (Å²) in [5, 5.41) is 4.87. The molecule has 2 amide bonds. The Morgan fingerprint density at radius 1 is 1.37 bits per heavy atom. The van der Waals surface area contributed by atoms with Crippen LogP contribution in [0.25, 0.3) is 0 Å². The van der Waals surface area contributed by atoms with Crippen LogP contribution >= 0.6 is 11.8 Å². The number of thioether (sulfide) groups is 1. The molecule has 0 saturated carbocycles. The molecule has 0 saturated heterocycles. The number of nitrogens with one attached hydrogen (secondary N) is 2. The number of carbonyl (C=O) groups is 1. The summed E-state index contributed by atoms with van der Waals surface area (Å²) in [4.78, 5) is 11.4. The predicted molar refractivity (Wildman–Crippen MR) is 71.7 cm³/mol. The van der Waals surface area contributed by atoms with Gasteiger partial charge in [0.25, 0.3) is 0 Å². The zero-order chi connectivity index (χ0) is 14.3. The van der Waals surface area contributed by atoms with E-state index in [0.29, 0.717) is 19.8 Å². The first-order chi connectivity index (χ1) is 9.08. The Hall–Kier alpha value is -1.34. The van der Waals surface area contributed by atoms with Gasteiger partial charge in [-0.3, -0.25) is 0 Å². The number of urea groups is 1. The highest BCUT2D eigenvalue weighted by Gasteiger charge is 2.11. The molecular weight excluding hydrogens is 274 g/mol. The summed E-state index contributed by atoms with van der Waals surface area (Å²) in [6.07, 6.45) is 1.58. The Labute approximate surface area is 114 Å². The van der Waals surface area contributed by atoms with Crippen molar-refractivity contribution in [1.29, 1.82) is 0 Å². The highest BCUT2D eigenvalue weighted by Crippen LogP contribution is 2.26. The number of carbonyl (C=O) groups excluding carboxylic acids is 1. The number of benzene rings is 1. The second-order valence-electron chi connectivity index (χ2n) is 3.55. The van der Waals surface area contributed by atoms with Crippen LogP contribution in [-0.4, -0.2) is 32.0 Å². The van der Waals surface area contributed by atoms with E-state index in [1.807, 2.05) is 6.92 Å². The van der Waals surface area contributed by atoms with Crippen molar-refractivity contribution in [3.8, 4) is 0 Å². The van der Waals surface area contributed by atoms with Crippen LogP contribution in [0.15, 0.2) is 17.0 Å². The average molecular weight is 290 g/mol. The van der Waals surface area contributed by atoms with Crippen molar-refractivity contribution in [2.24, 2.45) is 0 Å². The molecule has 7 heteroatoms. The van der Waals surface area contributed by atoms with Crippen molar-refractivity contribution in [3.05, 3.63) is 23.8 Å². The van der Waals surface area contributed by atoms with Crippen molar-refractivity contribution >= 4 is 23.5 Å². The first-order valence-electron chi connectivity index (χ1n) is 5.74. The summed E-state index contributed by atoms with van der Waals surface area (Å²) in [7, 11) is 0. The van der Waals surface area contributed by atoms with Crippen LogP contribution in [0.3, 0.4) is 0 Å². The van der Waals surface area contributed by atoms with Gasteiger partial charge in [0.15, 0.2) is 0 Å². The highest BCUT2D eigenvalue weighted by atomic mass is 32.2. The minimum atomic E-state index is -0.697. The minimum Gasteiger partial charge on any atom is -0.380 e. The largest absolute Gasteiger partial charge is 0.380 e. The van der Waals surface area contributed by atoms with Crippen molar-refractivity contribution in [3.63, 3.8) is 0 Å². The molecule has 1 aromatic carbocycles. The summed E-state index contributed by atoms with van der Waals surface area (Å²) in [6, 6.07) is 1.63. The summed E-state index contributed by atoms with van der Waals surface area (Å²) in [6.45, 7) is 3.13. The molecule has 4 nitrogen and oxygen atoms in total. The number of halogens is 2. The zero-order valence-corrected chi connectivity index (χ0v) is 11.6. The molecule has 0 aliphatic heterocycles. The molecule has 0 aromatic heterocycles. The van der Waals surface area contributed by atoms with Crippen molar-refractivity contribution < 1.29 is 18.3 Å². The van der Waals surface area contributed by atoms with Gasteiger partial charge in [-0.25, -0.2) is 13.6 Å². The smallest absolute Gasteiger partial charge is 0.319 e. The molecule has 0 bridgehead atoms. The minimum absolute atomic E-state index is 0.0673. The van der Waals surface area contributed by atoms with E-state index in [1.165, 1.54) is 0 Å². The third-order valence-electron chi connectivity index (χ3n) is 2.20. The van der Waals surface area contributed by atoms with Gasteiger partial charge in [0.05, 0.1) is 11.5 Å². The Kier molecular flexibility index (Phi) is 6.58. The Balaban J connectivity index is 2.55. The molecule has 0 atom stereocenters. The molecule has 0 radical (unpaired) electrons. The van der Waals surface area contributed by atoms with Gasteiger partial charge in [-0.15, -0.1) is 11.8 Å². The van der Waals surface area contributed by atoms with E-state index in [0.717, 1.165) is 23.9 Å². The topological polar surface area (TPSA) is 50.4 Å². The Morgan fingerprint density at radius 2 is 2.00 bits per heavy atom. The number of rotatable bonds is 6. The van der Waals surface area contributed by atoms with Crippen LogP contribution in [0, 0.1) is 11.6 Å². The molecule has 0 heterocycles. The second-order valence-corrected chi connectivity index (χ2v) is 4.37. The van der Waals surface area contributed by atoms with E-state index in [2.05, 4.69) is 10.6 Å². The predicted octanol–water partition coefficient (Wildman–Crippen LogP) is 2.84. The lowest BCUT2D eigenvalue weighted by atomic mass is 10.3. The van der Waals surface area contributed by atoms with Crippen LogP contribution in [0.2, 0.25) is 0 Å². The van der Waals surface area contributed by atoms with Crippen LogP contribution in [0.1, 0.15) is 6.92 Å². The zero-order valence-electron chi connectivity index (χ0n) is 10.8.